The van der Waals surface area contributed by atoms with Crippen molar-refractivity contribution in [2.24, 2.45) is 16.0 Å². The summed E-state index contributed by atoms with van der Waals surface area (Å²) in [5.41, 5.74) is 11.8. The summed E-state index contributed by atoms with van der Waals surface area (Å²) in [7, 11) is 0. The molecule has 1 saturated heterocycles. The molecule has 2 heterocycles. The highest BCUT2D eigenvalue weighted by Crippen LogP contribution is 2.31. The molecule has 0 unspecified atom stereocenters. The molecule has 1 aromatic carbocycles. The van der Waals surface area contributed by atoms with Crippen molar-refractivity contribution in [1.82, 2.24) is 9.88 Å². The lowest BCUT2D eigenvalue weighted by molar-refractivity contribution is -0.114. The van der Waals surface area contributed by atoms with Gasteiger partial charge < -0.3 is 31.2 Å². The Hall–Kier alpha value is -3.57. The van der Waals surface area contributed by atoms with Gasteiger partial charge in [0.15, 0.2) is 11.6 Å². The minimum atomic E-state index is -0.475. The molecule has 3 rings (SSSR count). The van der Waals surface area contributed by atoms with Gasteiger partial charge in [0.2, 0.25) is 5.91 Å². The van der Waals surface area contributed by atoms with Gasteiger partial charge in [0, 0.05) is 13.1 Å². The maximum Gasteiger partial charge on any atom is 0.415 e. The third-order valence-electron chi connectivity index (χ3n) is 3.95. The van der Waals surface area contributed by atoms with Gasteiger partial charge in [-0.25, -0.2) is 9.78 Å². The zero-order valence-corrected chi connectivity index (χ0v) is 15.6. The van der Waals surface area contributed by atoms with E-state index >= 15 is 0 Å². The van der Waals surface area contributed by atoms with Gasteiger partial charge >= 0.3 is 6.09 Å². The Balaban J connectivity index is 1.72. The molecule has 1 fully saturated rings. The zero-order valence-electron chi connectivity index (χ0n) is 15.6. The minimum absolute atomic E-state index is 0.0753. The number of anilines is 2. The van der Waals surface area contributed by atoms with Gasteiger partial charge in [0.05, 0.1) is 19.8 Å². The largest absolute Gasteiger partial charge is 0.415 e. The maximum atomic E-state index is 12.3. The predicted molar refractivity (Wildman–Crippen MR) is 105 cm³/mol. The third-order valence-corrected chi connectivity index (χ3v) is 3.95. The van der Waals surface area contributed by atoms with E-state index in [0.717, 1.165) is 0 Å². The zero-order chi connectivity index (χ0) is 20.6. The Bertz CT molecular complexity index is 913. The van der Waals surface area contributed by atoms with E-state index < -0.39 is 6.09 Å². The molecule has 0 radical (unpaired) electrons. The highest BCUT2D eigenvalue weighted by Gasteiger charge is 2.19. The normalized spacial score (nSPS) is 14.0. The highest BCUT2D eigenvalue weighted by molar-refractivity contribution is 5.91. The first-order valence-electron chi connectivity index (χ1n) is 8.88. The number of nitrogens with zero attached hydrogens (tertiary/aromatic N) is 4. The number of carbonyl (C=O) groups excluding carboxylic acids is 2. The van der Waals surface area contributed by atoms with Crippen LogP contribution in [0.4, 0.5) is 27.8 Å². The van der Waals surface area contributed by atoms with Gasteiger partial charge in [-0.05, 0) is 24.3 Å². The maximum absolute atomic E-state index is 12.3. The number of benzene rings is 1. The SMILES string of the molecule is NCC(=O)Nc1ccc(N=Nc2ccccc2OC(=O)N2CCOCC2)c(N)n1. The standard InChI is InChI=1S/C18H21N7O4/c19-11-16(26)21-15-6-5-13(17(20)22-15)24-23-12-3-1-2-4-14(12)29-18(27)25-7-9-28-10-8-25/h1-6H,7-11,19H2,(H3,20,21,22,26). The summed E-state index contributed by atoms with van der Waals surface area (Å²) >= 11 is 0. The number of amides is 2. The van der Waals surface area contributed by atoms with Crippen LogP contribution in [0.1, 0.15) is 0 Å². The average molecular weight is 399 g/mol. The molecule has 0 bridgehead atoms. The van der Waals surface area contributed by atoms with E-state index in [1.165, 1.54) is 6.07 Å². The lowest BCUT2D eigenvalue weighted by Crippen LogP contribution is -2.42. The van der Waals surface area contributed by atoms with E-state index in [0.29, 0.717) is 37.7 Å². The summed E-state index contributed by atoms with van der Waals surface area (Å²) in [4.78, 5) is 29.2. The molecule has 2 amide bonds. The Morgan fingerprint density at radius 1 is 1.14 bits per heavy atom. The Morgan fingerprint density at radius 3 is 2.59 bits per heavy atom. The first-order chi connectivity index (χ1) is 14.1. The van der Waals surface area contributed by atoms with Crippen LogP contribution < -0.4 is 21.5 Å². The van der Waals surface area contributed by atoms with Gasteiger partial charge in [0.25, 0.3) is 0 Å². The van der Waals surface area contributed by atoms with Crippen molar-refractivity contribution in [2.45, 2.75) is 0 Å². The van der Waals surface area contributed by atoms with Crippen LogP contribution in [0.2, 0.25) is 0 Å². The Morgan fingerprint density at radius 2 is 1.86 bits per heavy atom. The molecule has 5 N–H and O–H groups in total. The fraction of sp³-hybridized carbons (Fsp3) is 0.278. The number of nitrogens with two attached hydrogens (primary N) is 2. The molecule has 1 aliphatic rings. The van der Waals surface area contributed by atoms with Crippen LogP contribution in [0.15, 0.2) is 46.6 Å². The number of azo groups is 1. The fourth-order valence-electron chi connectivity index (χ4n) is 2.45. The molecular formula is C18H21N7O4. The quantitative estimate of drug-likeness (QED) is 0.647. The second-order valence-corrected chi connectivity index (χ2v) is 5.99. The number of nitrogens with one attached hydrogen (secondary N) is 1. The van der Waals surface area contributed by atoms with Crippen molar-refractivity contribution in [1.29, 1.82) is 0 Å². The number of para-hydroxylation sites is 1. The first-order valence-corrected chi connectivity index (χ1v) is 8.88. The van der Waals surface area contributed by atoms with Crippen LogP contribution in [0.5, 0.6) is 5.75 Å². The second-order valence-electron chi connectivity index (χ2n) is 5.99. The van der Waals surface area contributed by atoms with Crippen molar-refractivity contribution in [3.05, 3.63) is 36.4 Å². The van der Waals surface area contributed by atoms with E-state index in [2.05, 4.69) is 20.5 Å². The molecule has 0 spiro atoms. The number of pyridine rings is 1. The van der Waals surface area contributed by atoms with Crippen molar-refractivity contribution in [3.63, 3.8) is 0 Å². The van der Waals surface area contributed by atoms with E-state index in [-0.39, 0.29) is 29.8 Å². The van der Waals surface area contributed by atoms with Crippen LogP contribution in [0.25, 0.3) is 0 Å². The van der Waals surface area contributed by atoms with Crippen LogP contribution >= 0.6 is 0 Å². The number of nitrogen functional groups attached to an aromatic ring is 1. The molecule has 1 aliphatic heterocycles. The topological polar surface area (TPSA) is 158 Å². The number of morpholine rings is 1. The lowest BCUT2D eigenvalue weighted by atomic mass is 10.3. The van der Waals surface area contributed by atoms with Crippen molar-refractivity contribution < 1.29 is 19.1 Å². The first kappa shape index (κ1) is 20.2. The lowest BCUT2D eigenvalue weighted by Gasteiger charge is -2.25. The van der Waals surface area contributed by atoms with Crippen molar-refractivity contribution in [3.8, 4) is 5.75 Å². The molecule has 11 nitrogen and oxygen atoms in total. The highest BCUT2D eigenvalue weighted by atomic mass is 16.6. The van der Waals surface area contributed by atoms with Gasteiger partial charge in [0.1, 0.15) is 17.2 Å². The fourth-order valence-corrected chi connectivity index (χ4v) is 2.45. The number of rotatable bonds is 5. The minimum Gasteiger partial charge on any atom is -0.408 e. The molecule has 29 heavy (non-hydrogen) atoms. The van der Waals surface area contributed by atoms with Crippen LogP contribution in [0.3, 0.4) is 0 Å². The van der Waals surface area contributed by atoms with Crippen molar-refractivity contribution in [2.75, 3.05) is 43.9 Å². The molecule has 11 heteroatoms. The van der Waals surface area contributed by atoms with E-state index in [1.54, 1.807) is 35.2 Å². The molecule has 0 aliphatic carbocycles. The van der Waals surface area contributed by atoms with E-state index in [4.69, 9.17) is 20.9 Å². The number of hydrogen-bond donors (Lipinski definition) is 3. The smallest absolute Gasteiger partial charge is 0.408 e. The second kappa shape index (κ2) is 9.57. The van der Waals surface area contributed by atoms with Crippen molar-refractivity contribution >= 4 is 35.0 Å². The van der Waals surface area contributed by atoms with Gasteiger partial charge in [-0.3, -0.25) is 4.79 Å². The average Bonchev–Trinajstić information content (AvgIpc) is 2.74. The number of carbonyl (C=O) groups is 2. The van der Waals surface area contributed by atoms with Crippen LogP contribution in [-0.4, -0.2) is 54.7 Å². The summed E-state index contributed by atoms with van der Waals surface area (Å²) in [6.45, 7) is 1.73. The number of aromatic nitrogens is 1. The van der Waals surface area contributed by atoms with Gasteiger partial charge in [-0.2, -0.15) is 0 Å². The summed E-state index contributed by atoms with van der Waals surface area (Å²) in [6, 6.07) is 9.84. The molecular weight excluding hydrogens is 378 g/mol. The molecule has 152 valence electrons. The predicted octanol–water partition coefficient (Wildman–Crippen LogP) is 1.81. The van der Waals surface area contributed by atoms with E-state index in [9.17, 15) is 9.59 Å². The Labute approximate surface area is 166 Å². The third kappa shape index (κ3) is 5.46. The van der Waals surface area contributed by atoms with Gasteiger partial charge in [-0.1, -0.05) is 12.1 Å². The summed E-state index contributed by atoms with van der Waals surface area (Å²) in [6.07, 6.45) is -0.475. The summed E-state index contributed by atoms with van der Waals surface area (Å²) < 4.78 is 10.7. The van der Waals surface area contributed by atoms with Gasteiger partial charge in [-0.15, -0.1) is 10.2 Å². The summed E-state index contributed by atoms with van der Waals surface area (Å²) in [5, 5.41) is 10.7. The summed E-state index contributed by atoms with van der Waals surface area (Å²) in [5.74, 6) is 0.219. The monoisotopic (exact) mass is 399 g/mol. The Kier molecular flexibility index (Phi) is 6.66. The van der Waals surface area contributed by atoms with E-state index in [1.807, 2.05) is 0 Å². The molecule has 0 atom stereocenters. The number of ether oxygens (including phenoxy) is 2. The number of hydrogen-bond acceptors (Lipinski definition) is 9. The molecule has 2 aromatic rings. The van der Waals surface area contributed by atoms with Crippen LogP contribution in [-0.2, 0) is 9.53 Å². The molecule has 0 saturated carbocycles. The molecule has 1 aromatic heterocycles. The van der Waals surface area contributed by atoms with Crippen LogP contribution in [0, 0.1) is 0 Å².